The molecule has 0 aliphatic heterocycles. The maximum absolute atomic E-state index is 13.0. The highest BCUT2D eigenvalue weighted by Gasteiger charge is 2.14. The van der Waals surface area contributed by atoms with Crippen molar-refractivity contribution < 1.29 is 18.3 Å². The van der Waals surface area contributed by atoms with E-state index in [-0.39, 0.29) is 12.4 Å². The molecule has 0 radical (unpaired) electrons. The summed E-state index contributed by atoms with van der Waals surface area (Å²) >= 11 is 0. The predicted octanol–water partition coefficient (Wildman–Crippen LogP) is 4.43. The summed E-state index contributed by atoms with van der Waals surface area (Å²) in [6.45, 7) is 13.7. The normalized spacial score (nSPS) is 10.4. The third kappa shape index (κ3) is 8.25. The molecular formula is C13H20F2O2. The number of hydrogen-bond donors (Lipinski definition) is 0. The fourth-order valence-electron chi connectivity index (χ4n) is 0.572. The lowest BCUT2D eigenvalue weighted by molar-refractivity contribution is 0.220. The second-order valence-corrected chi connectivity index (χ2v) is 2.81. The highest BCUT2D eigenvalue weighted by molar-refractivity contribution is 5.28. The van der Waals surface area contributed by atoms with Gasteiger partial charge in [-0.2, -0.15) is 8.78 Å². The Morgan fingerprint density at radius 1 is 1.12 bits per heavy atom. The molecule has 2 nitrogen and oxygen atoms in total. The second kappa shape index (κ2) is 10.9. The Balaban J connectivity index is 0. The van der Waals surface area contributed by atoms with Gasteiger partial charge in [-0.05, 0) is 13.3 Å². The standard InChI is InChI=1S/C9H12F2O2.C4H8/c1-5-13-7(3)9(11)8(10)6(2)12-4;1-3-4-2/h2-3,5H2,1,4H3;3H,1,4H2,2H3/b9-8-;. The minimum Gasteiger partial charge on any atom is -0.494 e. The maximum atomic E-state index is 13.0. The highest BCUT2D eigenvalue weighted by Crippen LogP contribution is 2.22. The van der Waals surface area contributed by atoms with Crippen molar-refractivity contribution in [2.24, 2.45) is 0 Å². The van der Waals surface area contributed by atoms with Crippen LogP contribution in [0.2, 0.25) is 0 Å². The molecule has 0 saturated carbocycles. The molecule has 0 unspecified atom stereocenters. The van der Waals surface area contributed by atoms with E-state index in [4.69, 9.17) is 0 Å². The van der Waals surface area contributed by atoms with Gasteiger partial charge in [-0.25, -0.2) is 0 Å². The van der Waals surface area contributed by atoms with Crippen LogP contribution in [0.1, 0.15) is 20.3 Å². The number of halogens is 2. The van der Waals surface area contributed by atoms with Gasteiger partial charge in [-0.15, -0.1) is 6.58 Å². The molecule has 0 atom stereocenters. The molecule has 4 heteroatoms. The third-order valence-corrected chi connectivity index (χ3v) is 1.54. The molecule has 0 aromatic rings. The van der Waals surface area contributed by atoms with Crippen LogP contribution in [0.3, 0.4) is 0 Å². The molecule has 0 heterocycles. The SMILES string of the molecule is C=C(OC)/C(F)=C(/F)C(=C)OCC.C=CCC. The van der Waals surface area contributed by atoms with Crippen molar-refractivity contribution in [3.05, 3.63) is 49.0 Å². The summed E-state index contributed by atoms with van der Waals surface area (Å²) in [6, 6.07) is 0. The molecule has 0 bridgehead atoms. The van der Waals surface area contributed by atoms with Crippen molar-refractivity contribution in [3.8, 4) is 0 Å². The average molecular weight is 246 g/mol. The Labute approximate surface area is 102 Å². The molecule has 0 aliphatic carbocycles. The van der Waals surface area contributed by atoms with Gasteiger partial charge < -0.3 is 9.47 Å². The summed E-state index contributed by atoms with van der Waals surface area (Å²) < 4.78 is 34.9. The Hall–Kier alpha value is -1.58. The minimum absolute atomic E-state index is 0.221. The van der Waals surface area contributed by atoms with Gasteiger partial charge >= 0.3 is 0 Å². The lowest BCUT2D eigenvalue weighted by Gasteiger charge is -2.06. The molecule has 17 heavy (non-hydrogen) atoms. The molecule has 0 rings (SSSR count). The molecular weight excluding hydrogens is 226 g/mol. The van der Waals surface area contributed by atoms with Crippen molar-refractivity contribution in [3.63, 3.8) is 0 Å². The number of ether oxygens (including phenoxy) is 2. The van der Waals surface area contributed by atoms with Gasteiger partial charge in [0.2, 0.25) is 11.7 Å². The van der Waals surface area contributed by atoms with Crippen LogP contribution < -0.4 is 0 Å². The third-order valence-electron chi connectivity index (χ3n) is 1.54. The first-order valence-electron chi connectivity index (χ1n) is 5.17. The fourth-order valence-corrected chi connectivity index (χ4v) is 0.572. The predicted molar refractivity (Wildman–Crippen MR) is 66.6 cm³/mol. The van der Waals surface area contributed by atoms with Crippen molar-refractivity contribution in [1.29, 1.82) is 0 Å². The van der Waals surface area contributed by atoms with Crippen LogP contribution in [-0.2, 0) is 9.47 Å². The Bertz CT molecular complexity index is 294. The van der Waals surface area contributed by atoms with Crippen molar-refractivity contribution in [2.45, 2.75) is 20.3 Å². The molecule has 0 aromatic carbocycles. The molecule has 0 spiro atoms. The molecule has 0 saturated heterocycles. The van der Waals surface area contributed by atoms with Gasteiger partial charge in [0, 0.05) is 0 Å². The van der Waals surface area contributed by atoms with Crippen LogP contribution in [0.5, 0.6) is 0 Å². The number of hydrogen-bond acceptors (Lipinski definition) is 2. The van der Waals surface area contributed by atoms with Crippen LogP contribution in [-0.4, -0.2) is 13.7 Å². The van der Waals surface area contributed by atoms with Gasteiger partial charge in [0.15, 0.2) is 11.5 Å². The van der Waals surface area contributed by atoms with Gasteiger partial charge in [0.1, 0.15) is 0 Å². The first-order chi connectivity index (χ1) is 7.95. The van der Waals surface area contributed by atoms with Crippen LogP contribution in [0, 0.1) is 0 Å². The molecule has 0 amide bonds. The smallest absolute Gasteiger partial charge is 0.203 e. The van der Waals surface area contributed by atoms with Crippen LogP contribution in [0.4, 0.5) is 8.78 Å². The van der Waals surface area contributed by atoms with E-state index >= 15 is 0 Å². The molecule has 0 aliphatic rings. The molecule has 0 fully saturated rings. The lowest BCUT2D eigenvalue weighted by Crippen LogP contribution is -1.95. The summed E-state index contributed by atoms with van der Waals surface area (Å²) in [4.78, 5) is 0. The van der Waals surface area contributed by atoms with Crippen LogP contribution >= 0.6 is 0 Å². The summed E-state index contributed by atoms with van der Waals surface area (Å²) in [5.41, 5.74) is 0. The molecule has 0 N–H and O–H groups in total. The monoisotopic (exact) mass is 246 g/mol. The zero-order valence-electron chi connectivity index (χ0n) is 10.7. The van der Waals surface area contributed by atoms with E-state index in [1.54, 1.807) is 6.92 Å². The van der Waals surface area contributed by atoms with Crippen molar-refractivity contribution >= 4 is 0 Å². The number of allylic oxidation sites excluding steroid dienone is 3. The zero-order chi connectivity index (χ0) is 13.8. The summed E-state index contributed by atoms with van der Waals surface area (Å²) in [7, 11) is 1.19. The van der Waals surface area contributed by atoms with Gasteiger partial charge in [-0.1, -0.05) is 26.2 Å². The van der Waals surface area contributed by atoms with E-state index in [0.717, 1.165) is 6.42 Å². The van der Waals surface area contributed by atoms with E-state index in [2.05, 4.69) is 36.1 Å². The number of rotatable bonds is 6. The fraction of sp³-hybridized carbons (Fsp3) is 0.385. The van der Waals surface area contributed by atoms with E-state index in [0.29, 0.717) is 0 Å². The van der Waals surface area contributed by atoms with Crippen LogP contribution in [0.15, 0.2) is 49.0 Å². The quantitative estimate of drug-likeness (QED) is 0.392. The van der Waals surface area contributed by atoms with E-state index < -0.39 is 17.4 Å². The average Bonchev–Trinajstić information content (AvgIpc) is 2.36. The van der Waals surface area contributed by atoms with E-state index in [1.165, 1.54) is 7.11 Å². The van der Waals surface area contributed by atoms with E-state index in [9.17, 15) is 8.78 Å². The lowest BCUT2D eigenvalue weighted by atomic mass is 10.3. The minimum atomic E-state index is -1.19. The van der Waals surface area contributed by atoms with Gasteiger partial charge in [0.05, 0.1) is 13.7 Å². The van der Waals surface area contributed by atoms with Crippen LogP contribution in [0.25, 0.3) is 0 Å². The Kier molecular flexibility index (Phi) is 11.4. The molecule has 0 aromatic heterocycles. The summed E-state index contributed by atoms with van der Waals surface area (Å²) in [6.07, 6.45) is 2.96. The first-order valence-corrected chi connectivity index (χ1v) is 5.17. The topological polar surface area (TPSA) is 18.5 Å². The zero-order valence-corrected chi connectivity index (χ0v) is 10.7. The van der Waals surface area contributed by atoms with E-state index in [1.807, 2.05) is 6.08 Å². The Morgan fingerprint density at radius 2 is 1.53 bits per heavy atom. The largest absolute Gasteiger partial charge is 0.494 e. The van der Waals surface area contributed by atoms with Crippen molar-refractivity contribution in [2.75, 3.05) is 13.7 Å². The highest BCUT2D eigenvalue weighted by atomic mass is 19.2. The van der Waals surface area contributed by atoms with Gasteiger partial charge in [-0.3, -0.25) is 0 Å². The molecule has 98 valence electrons. The summed E-state index contributed by atoms with van der Waals surface area (Å²) in [5.74, 6) is -3.13. The Morgan fingerprint density at radius 3 is 1.82 bits per heavy atom. The van der Waals surface area contributed by atoms with Gasteiger partial charge in [0.25, 0.3) is 0 Å². The second-order valence-electron chi connectivity index (χ2n) is 2.81. The summed E-state index contributed by atoms with van der Waals surface area (Å²) in [5, 5.41) is 0. The van der Waals surface area contributed by atoms with Crippen molar-refractivity contribution in [1.82, 2.24) is 0 Å². The first kappa shape index (κ1) is 17.8. The maximum Gasteiger partial charge on any atom is 0.203 e. The number of methoxy groups -OCH3 is 1.